The van der Waals surface area contributed by atoms with Gasteiger partial charge in [0.2, 0.25) is 0 Å². The van der Waals surface area contributed by atoms with Gasteiger partial charge >= 0.3 is 0 Å². The van der Waals surface area contributed by atoms with Crippen LogP contribution < -0.4 is 9.64 Å². The van der Waals surface area contributed by atoms with Crippen LogP contribution in [0.15, 0.2) is 36.8 Å². The van der Waals surface area contributed by atoms with Gasteiger partial charge in [0.05, 0.1) is 35.6 Å². The molecule has 32 heavy (non-hydrogen) atoms. The lowest BCUT2D eigenvalue weighted by molar-refractivity contribution is 0.0283. The number of fused-ring (bicyclic) bond motifs is 1. The second kappa shape index (κ2) is 8.88. The molecule has 1 fully saturated rings. The maximum atomic E-state index is 10.0. The summed E-state index contributed by atoms with van der Waals surface area (Å²) < 4.78 is 7.42. The zero-order valence-electron chi connectivity index (χ0n) is 18.3. The molecule has 1 aliphatic rings. The Morgan fingerprint density at radius 3 is 2.62 bits per heavy atom. The summed E-state index contributed by atoms with van der Waals surface area (Å²) in [6, 6.07) is 8.06. The molecule has 0 atom stereocenters. The average molecular weight is 431 g/mol. The first-order valence-corrected chi connectivity index (χ1v) is 10.5. The molecule has 0 unspecified atom stereocenters. The summed E-state index contributed by atoms with van der Waals surface area (Å²) in [5, 5.41) is 23.8. The van der Waals surface area contributed by atoms with E-state index in [1.165, 1.54) is 6.20 Å². The number of nitrogens with zero attached hydrogens (tertiary/aromatic N) is 6. The van der Waals surface area contributed by atoms with Crippen LogP contribution in [0.1, 0.15) is 19.4 Å². The van der Waals surface area contributed by atoms with Crippen LogP contribution in [0, 0.1) is 23.7 Å². The minimum Gasteiger partial charge on any atom is -0.489 e. The maximum absolute atomic E-state index is 10.0. The Kier molecular flexibility index (Phi) is 6.00. The number of ether oxygens (including phenoxy) is 1. The fraction of sp³-hybridized carbons (Fsp3) is 0.375. The van der Waals surface area contributed by atoms with Gasteiger partial charge in [0.25, 0.3) is 0 Å². The highest BCUT2D eigenvalue weighted by Gasteiger charge is 2.19. The topological polar surface area (TPSA) is 89.9 Å². The second-order valence-corrected chi connectivity index (χ2v) is 8.53. The highest BCUT2D eigenvalue weighted by Crippen LogP contribution is 2.31. The van der Waals surface area contributed by atoms with Gasteiger partial charge in [0, 0.05) is 43.5 Å². The third kappa shape index (κ3) is 4.67. The first kappa shape index (κ1) is 21.6. The quantitative estimate of drug-likeness (QED) is 0.600. The van der Waals surface area contributed by atoms with E-state index in [-0.39, 0.29) is 6.61 Å². The average Bonchev–Trinajstić information content (AvgIpc) is 3.21. The van der Waals surface area contributed by atoms with Crippen LogP contribution >= 0.6 is 0 Å². The molecule has 0 radical (unpaired) electrons. The molecule has 1 aliphatic heterocycles. The molecule has 0 saturated carbocycles. The van der Waals surface area contributed by atoms with Crippen molar-refractivity contribution in [2.75, 3.05) is 44.2 Å². The highest BCUT2D eigenvalue weighted by molar-refractivity contribution is 5.85. The van der Waals surface area contributed by atoms with Crippen molar-refractivity contribution in [3.8, 4) is 35.3 Å². The van der Waals surface area contributed by atoms with E-state index in [0.717, 1.165) is 43.1 Å². The van der Waals surface area contributed by atoms with E-state index in [2.05, 4.69) is 31.9 Å². The van der Waals surface area contributed by atoms with Crippen LogP contribution in [0.3, 0.4) is 0 Å². The number of terminal acetylenes is 1. The van der Waals surface area contributed by atoms with Crippen molar-refractivity contribution >= 4 is 11.3 Å². The van der Waals surface area contributed by atoms with Crippen LogP contribution in [0.4, 0.5) is 5.82 Å². The normalized spacial score (nSPS) is 14.8. The number of hydrogen-bond acceptors (Lipinski definition) is 7. The van der Waals surface area contributed by atoms with Crippen molar-refractivity contribution in [3.05, 3.63) is 42.4 Å². The molecular formula is C24H26N6O2. The number of aromatic nitrogens is 3. The van der Waals surface area contributed by atoms with Gasteiger partial charge in [0.1, 0.15) is 24.2 Å². The van der Waals surface area contributed by atoms with Crippen LogP contribution in [0.25, 0.3) is 16.6 Å². The van der Waals surface area contributed by atoms with E-state index in [4.69, 9.17) is 11.2 Å². The van der Waals surface area contributed by atoms with Crippen molar-refractivity contribution in [3.63, 3.8) is 0 Å². The fourth-order valence-corrected chi connectivity index (χ4v) is 3.73. The summed E-state index contributed by atoms with van der Waals surface area (Å²) in [5.41, 5.74) is 1.86. The van der Waals surface area contributed by atoms with Gasteiger partial charge in [0.15, 0.2) is 0 Å². The molecule has 1 saturated heterocycles. The summed E-state index contributed by atoms with van der Waals surface area (Å²) >= 11 is 0. The molecule has 164 valence electrons. The lowest BCUT2D eigenvalue weighted by atomic mass is 10.1. The van der Waals surface area contributed by atoms with E-state index in [0.29, 0.717) is 23.4 Å². The Morgan fingerprint density at radius 1 is 1.22 bits per heavy atom. The van der Waals surface area contributed by atoms with Gasteiger partial charge < -0.3 is 14.7 Å². The van der Waals surface area contributed by atoms with Crippen molar-refractivity contribution in [1.82, 2.24) is 19.5 Å². The van der Waals surface area contributed by atoms with E-state index in [1.54, 1.807) is 24.6 Å². The minimum atomic E-state index is -0.968. The molecular weight excluding hydrogens is 404 g/mol. The predicted octanol–water partition coefficient (Wildman–Crippen LogP) is 2.17. The Hall–Kier alpha value is -3.59. The monoisotopic (exact) mass is 430 g/mol. The summed E-state index contributed by atoms with van der Waals surface area (Å²) in [6.45, 7) is 7.75. The Bertz CT molecular complexity index is 1170. The fourth-order valence-electron chi connectivity index (χ4n) is 3.73. The lowest BCUT2D eigenvalue weighted by Gasteiger charge is -2.34. The van der Waals surface area contributed by atoms with Crippen LogP contribution in [0.2, 0.25) is 0 Å². The zero-order chi connectivity index (χ0) is 22.7. The van der Waals surface area contributed by atoms with Gasteiger partial charge in [-0.3, -0.25) is 4.90 Å². The number of aliphatic hydroxyl groups is 1. The van der Waals surface area contributed by atoms with E-state index < -0.39 is 5.60 Å². The van der Waals surface area contributed by atoms with Crippen molar-refractivity contribution in [2.24, 2.45) is 0 Å². The Balaban J connectivity index is 1.63. The SMILES string of the molecule is C#CCN1CCN(c2ccc(-c3cc(OCC(C)(C)O)cn4ncc(C#N)c34)cn2)CC1. The van der Waals surface area contributed by atoms with E-state index in [9.17, 15) is 10.4 Å². The Morgan fingerprint density at radius 2 is 2.00 bits per heavy atom. The van der Waals surface area contributed by atoms with Crippen molar-refractivity contribution in [2.45, 2.75) is 19.4 Å². The molecule has 0 amide bonds. The molecule has 0 aliphatic carbocycles. The van der Waals surface area contributed by atoms with Crippen molar-refractivity contribution in [1.29, 1.82) is 5.26 Å². The van der Waals surface area contributed by atoms with Gasteiger partial charge in [-0.1, -0.05) is 5.92 Å². The number of nitriles is 1. The van der Waals surface area contributed by atoms with Crippen LogP contribution in [0.5, 0.6) is 5.75 Å². The van der Waals surface area contributed by atoms with Gasteiger partial charge in [-0.15, -0.1) is 6.42 Å². The zero-order valence-corrected chi connectivity index (χ0v) is 18.3. The summed E-state index contributed by atoms with van der Waals surface area (Å²) in [7, 11) is 0. The standard InChI is InChI=1S/C24H26N6O2/c1-4-7-28-8-10-29(11-9-28)22-6-5-18(14-26-22)21-12-20(32-17-24(2,3)31)16-30-23(21)19(13-25)15-27-30/h1,5-6,12,14-16,31H,7-11,17H2,2-3H3. The van der Waals surface area contributed by atoms with Gasteiger partial charge in [-0.25, -0.2) is 9.50 Å². The third-order valence-corrected chi connectivity index (χ3v) is 5.37. The number of anilines is 1. The van der Waals surface area contributed by atoms with Crippen molar-refractivity contribution < 1.29 is 9.84 Å². The van der Waals surface area contributed by atoms with E-state index >= 15 is 0 Å². The second-order valence-electron chi connectivity index (χ2n) is 8.53. The van der Waals surface area contributed by atoms with E-state index in [1.807, 2.05) is 24.4 Å². The highest BCUT2D eigenvalue weighted by atomic mass is 16.5. The number of hydrogen-bond donors (Lipinski definition) is 1. The summed E-state index contributed by atoms with van der Waals surface area (Å²) in [6.07, 6.45) is 10.5. The molecule has 0 bridgehead atoms. The molecule has 3 aromatic rings. The first-order chi connectivity index (χ1) is 15.4. The maximum Gasteiger partial charge on any atom is 0.138 e. The predicted molar refractivity (Wildman–Crippen MR) is 122 cm³/mol. The number of pyridine rings is 2. The summed E-state index contributed by atoms with van der Waals surface area (Å²) in [4.78, 5) is 9.18. The molecule has 0 aromatic carbocycles. The van der Waals surface area contributed by atoms with Crippen LogP contribution in [-0.4, -0.2) is 69.5 Å². The third-order valence-electron chi connectivity index (χ3n) is 5.37. The molecule has 8 heteroatoms. The lowest BCUT2D eigenvalue weighted by Crippen LogP contribution is -2.46. The minimum absolute atomic E-state index is 0.132. The molecule has 8 nitrogen and oxygen atoms in total. The van der Waals surface area contributed by atoms with Gasteiger partial charge in [-0.2, -0.15) is 10.4 Å². The van der Waals surface area contributed by atoms with Crippen LogP contribution in [-0.2, 0) is 0 Å². The number of piperazine rings is 1. The van der Waals surface area contributed by atoms with Gasteiger partial charge in [-0.05, 0) is 32.0 Å². The smallest absolute Gasteiger partial charge is 0.138 e. The Labute approximate surface area is 187 Å². The molecule has 0 spiro atoms. The largest absolute Gasteiger partial charge is 0.489 e. The molecule has 3 aromatic heterocycles. The molecule has 4 heterocycles. The molecule has 1 N–H and O–H groups in total. The summed E-state index contributed by atoms with van der Waals surface area (Å²) in [5.74, 6) is 4.16. The first-order valence-electron chi connectivity index (χ1n) is 10.5. The number of rotatable bonds is 6. The molecule has 4 rings (SSSR count).